The van der Waals surface area contributed by atoms with Crippen LogP contribution in [0, 0.1) is 5.92 Å². The highest BCUT2D eigenvalue weighted by molar-refractivity contribution is 5.79. The summed E-state index contributed by atoms with van der Waals surface area (Å²) < 4.78 is 5.51. The highest BCUT2D eigenvalue weighted by Crippen LogP contribution is 2.34. The van der Waals surface area contributed by atoms with Crippen LogP contribution in [0.15, 0.2) is 18.2 Å². The minimum atomic E-state index is 0.0593. The van der Waals surface area contributed by atoms with E-state index in [0.717, 1.165) is 31.6 Å². The Bertz CT molecular complexity index is 460. The summed E-state index contributed by atoms with van der Waals surface area (Å²) in [6, 6.07) is 6.35. The lowest BCUT2D eigenvalue weighted by molar-refractivity contribution is -0.121. The monoisotopic (exact) mass is 245 g/mol. The molecule has 0 bridgehead atoms. The summed E-state index contributed by atoms with van der Waals surface area (Å²) >= 11 is 0. The zero-order valence-corrected chi connectivity index (χ0v) is 10.5. The van der Waals surface area contributed by atoms with E-state index in [1.165, 1.54) is 11.1 Å². The maximum atomic E-state index is 11.3. The SMILES string of the molecule is NC(c1ccc2c(c1)CCO2)C1CCC(=O)CC1. The third kappa shape index (κ3) is 2.15. The van der Waals surface area contributed by atoms with Gasteiger partial charge in [-0.3, -0.25) is 4.79 Å². The molecule has 1 saturated carbocycles. The normalized spacial score (nSPS) is 21.5. The fraction of sp³-hybridized carbons (Fsp3) is 0.533. The highest BCUT2D eigenvalue weighted by atomic mass is 16.5. The van der Waals surface area contributed by atoms with Gasteiger partial charge in [0.2, 0.25) is 0 Å². The van der Waals surface area contributed by atoms with Crippen LogP contribution in [-0.2, 0) is 11.2 Å². The molecule has 1 fully saturated rings. The summed E-state index contributed by atoms with van der Waals surface area (Å²) in [6.45, 7) is 0.784. The molecule has 1 heterocycles. The van der Waals surface area contributed by atoms with Crippen LogP contribution in [0.4, 0.5) is 0 Å². The summed E-state index contributed by atoms with van der Waals surface area (Å²) in [5, 5.41) is 0. The molecule has 1 aromatic carbocycles. The lowest BCUT2D eigenvalue weighted by atomic mass is 9.81. The molecular formula is C15H19NO2. The van der Waals surface area contributed by atoms with Gasteiger partial charge in [0.05, 0.1) is 6.61 Å². The van der Waals surface area contributed by atoms with Gasteiger partial charge in [-0.15, -0.1) is 0 Å². The maximum Gasteiger partial charge on any atom is 0.132 e. The minimum absolute atomic E-state index is 0.0593. The number of nitrogens with two attached hydrogens (primary N) is 1. The largest absolute Gasteiger partial charge is 0.493 e. The molecule has 3 heteroatoms. The van der Waals surface area contributed by atoms with Gasteiger partial charge in [-0.2, -0.15) is 0 Å². The molecule has 1 aromatic rings. The predicted octanol–water partition coefficient (Wildman–Crippen LogP) is 2.38. The van der Waals surface area contributed by atoms with Gasteiger partial charge in [-0.05, 0) is 36.0 Å². The molecule has 0 spiro atoms. The van der Waals surface area contributed by atoms with E-state index in [0.29, 0.717) is 24.5 Å². The fourth-order valence-electron chi connectivity index (χ4n) is 3.01. The second kappa shape index (κ2) is 4.73. The van der Waals surface area contributed by atoms with Crippen molar-refractivity contribution in [1.29, 1.82) is 0 Å². The molecule has 2 aliphatic rings. The van der Waals surface area contributed by atoms with Crippen LogP contribution in [0.1, 0.15) is 42.9 Å². The zero-order valence-electron chi connectivity index (χ0n) is 10.5. The summed E-state index contributed by atoms with van der Waals surface area (Å²) in [6.07, 6.45) is 4.26. The molecule has 0 aromatic heterocycles. The lowest BCUT2D eigenvalue weighted by Crippen LogP contribution is -2.26. The Kier molecular flexibility index (Phi) is 3.08. The first-order chi connectivity index (χ1) is 8.74. The fourth-order valence-corrected chi connectivity index (χ4v) is 3.01. The Morgan fingerprint density at radius 2 is 2.00 bits per heavy atom. The van der Waals surface area contributed by atoms with Crippen molar-refractivity contribution in [3.63, 3.8) is 0 Å². The number of hydrogen-bond acceptors (Lipinski definition) is 3. The molecule has 1 aliphatic heterocycles. The third-order valence-electron chi connectivity index (χ3n) is 4.19. The Hall–Kier alpha value is -1.35. The lowest BCUT2D eigenvalue weighted by Gasteiger charge is -2.27. The Morgan fingerprint density at radius 1 is 1.22 bits per heavy atom. The van der Waals surface area contributed by atoms with Crippen LogP contribution in [-0.4, -0.2) is 12.4 Å². The molecule has 2 N–H and O–H groups in total. The van der Waals surface area contributed by atoms with E-state index in [1.54, 1.807) is 0 Å². The van der Waals surface area contributed by atoms with E-state index in [9.17, 15) is 4.79 Å². The number of ketones is 1. The van der Waals surface area contributed by atoms with Gasteiger partial charge in [-0.1, -0.05) is 12.1 Å². The first-order valence-electron chi connectivity index (χ1n) is 6.77. The molecule has 3 rings (SSSR count). The number of fused-ring (bicyclic) bond motifs is 1. The van der Waals surface area contributed by atoms with Crippen LogP contribution in [0.25, 0.3) is 0 Å². The molecule has 1 aliphatic carbocycles. The van der Waals surface area contributed by atoms with Gasteiger partial charge in [0.15, 0.2) is 0 Å². The van der Waals surface area contributed by atoms with Gasteiger partial charge < -0.3 is 10.5 Å². The van der Waals surface area contributed by atoms with Gasteiger partial charge in [0.1, 0.15) is 11.5 Å². The van der Waals surface area contributed by atoms with Gasteiger partial charge in [-0.25, -0.2) is 0 Å². The van der Waals surface area contributed by atoms with E-state index >= 15 is 0 Å². The number of carbonyl (C=O) groups is 1. The molecule has 0 amide bonds. The molecule has 0 saturated heterocycles. The van der Waals surface area contributed by atoms with Crippen molar-refractivity contribution in [2.75, 3.05) is 6.61 Å². The summed E-state index contributed by atoms with van der Waals surface area (Å²) in [7, 11) is 0. The van der Waals surface area contributed by atoms with Gasteiger partial charge in [0, 0.05) is 25.3 Å². The predicted molar refractivity (Wildman–Crippen MR) is 69.5 cm³/mol. The summed E-state index contributed by atoms with van der Waals surface area (Å²) in [5.74, 6) is 1.84. The molecule has 0 radical (unpaired) electrons. The van der Waals surface area contributed by atoms with Crippen molar-refractivity contribution >= 4 is 5.78 Å². The summed E-state index contributed by atoms with van der Waals surface area (Å²) in [5.41, 5.74) is 8.82. The number of Topliss-reactive ketones (excluding diaryl/α,β-unsaturated/α-hetero) is 1. The smallest absolute Gasteiger partial charge is 0.132 e. The molecule has 1 atom stereocenters. The average Bonchev–Trinajstić information content (AvgIpc) is 2.86. The van der Waals surface area contributed by atoms with E-state index in [2.05, 4.69) is 12.1 Å². The van der Waals surface area contributed by atoms with Crippen LogP contribution in [0.3, 0.4) is 0 Å². The van der Waals surface area contributed by atoms with E-state index in [1.807, 2.05) is 6.07 Å². The van der Waals surface area contributed by atoms with E-state index < -0.39 is 0 Å². The Labute approximate surface area is 107 Å². The van der Waals surface area contributed by atoms with Crippen LogP contribution in [0.2, 0.25) is 0 Å². The first kappa shape index (κ1) is 11.7. The maximum absolute atomic E-state index is 11.3. The Morgan fingerprint density at radius 3 is 2.78 bits per heavy atom. The molecular weight excluding hydrogens is 226 g/mol. The number of benzene rings is 1. The van der Waals surface area contributed by atoms with Gasteiger partial charge >= 0.3 is 0 Å². The molecule has 18 heavy (non-hydrogen) atoms. The van der Waals surface area contributed by atoms with Crippen molar-refractivity contribution in [3.05, 3.63) is 29.3 Å². The number of hydrogen-bond donors (Lipinski definition) is 1. The van der Waals surface area contributed by atoms with Crippen molar-refractivity contribution in [2.45, 2.75) is 38.1 Å². The third-order valence-corrected chi connectivity index (χ3v) is 4.19. The van der Waals surface area contributed by atoms with E-state index in [-0.39, 0.29) is 6.04 Å². The molecule has 3 nitrogen and oxygen atoms in total. The number of carbonyl (C=O) groups excluding carboxylic acids is 1. The second-order valence-corrected chi connectivity index (χ2v) is 5.37. The zero-order chi connectivity index (χ0) is 12.5. The number of ether oxygens (including phenoxy) is 1. The van der Waals surface area contributed by atoms with Crippen molar-refractivity contribution in [1.82, 2.24) is 0 Å². The number of rotatable bonds is 2. The quantitative estimate of drug-likeness (QED) is 0.870. The van der Waals surface area contributed by atoms with Crippen molar-refractivity contribution in [2.24, 2.45) is 11.7 Å². The van der Waals surface area contributed by atoms with Crippen molar-refractivity contribution < 1.29 is 9.53 Å². The van der Waals surface area contributed by atoms with Crippen LogP contribution < -0.4 is 10.5 Å². The van der Waals surface area contributed by atoms with Gasteiger partial charge in [0.25, 0.3) is 0 Å². The standard InChI is InChI=1S/C15H19NO2/c16-15(10-1-4-13(17)5-2-10)12-3-6-14-11(9-12)7-8-18-14/h3,6,9-10,15H,1-2,4-5,7-8,16H2. The molecule has 96 valence electrons. The molecule has 1 unspecified atom stereocenters. The topological polar surface area (TPSA) is 52.3 Å². The van der Waals surface area contributed by atoms with Crippen molar-refractivity contribution in [3.8, 4) is 5.75 Å². The highest BCUT2D eigenvalue weighted by Gasteiger charge is 2.26. The van der Waals surface area contributed by atoms with E-state index in [4.69, 9.17) is 10.5 Å². The average molecular weight is 245 g/mol. The summed E-state index contributed by atoms with van der Waals surface area (Å²) in [4.78, 5) is 11.3. The van der Waals surface area contributed by atoms with Crippen LogP contribution >= 0.6 is 0 Å². The first-order valence-corrected chi connectivity index (χ1v) is 6.77. The minimum Gasteiger partial charge on any atom is -0.493 e. The second-order valence-electron chi connectivity index (χ2n) is 5.37. The van der Waals surface area contributed by atoms with Crippen LogP contribution in [0.5, 0.6) is 5.75 Å². The Balaban J connectivity index is 1.75.